The summed E-state index contributed by atoms with van der Waals surface area (Å²) in [5.41, 5.74) is 0. The number of carbonyl (C=O) groups is 1. The van der Waals surface area contributed by atoms with E-state index in [0.29, 0.717) is 13.2 Å². The van der Waals surface area contributed by atoms with Crippen LogP contribution in [0.5, 0.6) is 11.5 Å². The summed E-state index contributed by atoms with van der Waals surface area (Å²) < 4.78 is 21.9. The van der Waals surface area contributed by atoms with Crippen molar-refractivity contribution in [2.75, 3.05) is 72.7 Å². The highest BCUT2D eigenvalue weighted by atomic mass is 32.1. The minimum Gasteiger partial charge on any atom is -0.497 e. The van der Waals surface area contributed by atoms with E-state index in [4.69, 9.17) is 31.2 Å². The van der Waals surface area contributed by atoms with Gasteiger partial charge in [-0.15, -0.1) is 0 Å². The van der Waals surface area contributed by atoms with Gasteiger partial charge in [0.15, 0.2) is 11.2 Å². The van der Waals surface area contributed by atoms with Gasteiger partial charge in [-0.25, -0.2) is 4.79 Å². The lowest BCUT2D eigenvalue weighted by Crippen LogP contribution is -2.51. The Bertz CT molecular complexity index is 782. The molecule has 3 fully saturated rings. The lowest BCUT2D eigenvalue weighted by atomic mass is 10.0. The summed E-state index contributed by atoms with van der Waals surface area (Å²) in [5, 5.41) is 4.19. The van der Waals surface area contributed by atoms with Crippen LogP contribution in [0, 0.1) is 0 Å². The molecule has 9 nitrogen and oxygen atoms in total. The molecule has 3 saturated heterocycles. The first-order valence-electron chi connectivity index (χ1n) is 11.7. The van der Waals surface area contributed by atoms with Crippen LogP contribution in [0.3, 0.4) is 0 Å². The van der Waals surface area contributed by atoms with Crippen molar-refractivity contribution in [1.29, 1.82) is 0 Å². The standard InChI is InChI=1S/C23H34N4O5S/c1-29-19-2-4-20(5-3-19)31-17-21-16-27(23(28)32-21)18-6-9-26(10-7-18)22(33)24-8-11-25-12-14-30-15-13-25/h2-5,18,21H,6-17H2,1H3,(H,24,33). The summed E-state index contributed by atoms with van der Waals surface area (Å²) in [4.78, 5) is 18.9. The van der Waals surface area contributed by atoms with Crippen LogP contribution in [0.1, 0.15) is 12.8 Å². The summed E-state index contributed by atoms with van der Waals surface area (Å²) in [7, 11) is 1.63. The van der Waals surface area contributed by atoms with Gasteiger partial charge in [-0.05, 0) is 49.3 Å². The first-order chi connectivity index (χ1) is 16.1. The Morgan fingerprint density at radius 3 is 2.52 bits per heavy atom. The highest BCUT2D eigenvalue weighted by Crippen LogP contribution is 2.24. The molecule has 0 radical (unpaired) electrons. The van der Waals surface area contributed by atoms with Gasteiger partial charge in [0, 0.05) is 45.3 Å². The number of nitrogens with zero attached hydrogens (tertiary/aromatic N) is 3. The smallest absolute Gasteiger partial charge is 0.410 e. The highest BCUT2D eigenvalue weighted by molar-refractivity contribution is 7.80. The van der Waals surface area contributed by atoms with Gasteiger partial charge in [-0.3, -0.25) is 4.90 Å². The molecule has 3 aliphatic heterocycles. The van der Waals surface area contributed by atoms with Gasteiger partial charge < -0.3 is 34.1 Å². The summed E-state index contributed by atoms with van der Waals surface area (Å²) in [6, 6.07) is 7.56. The van der Waals surface area contributed by atoms with Crippen LogP contribution >= 0.6 is 12.2 Å². The number of amides is 1. The molecule has 1 unspecified atom stereocenters. The van der Waals surface area contributed by atoms with Gasteiger partial charge in [0.05, 0.1) is 26.9 Å². The van der Waals surface area contributed by atoms with Crippen molar-refractivity contribution in [1.82, 2.24) is 20.0 Å². The first-order valence-corrected chi connectivity index (χ1v) is 12.1. The zero-order chi connectivity index (χ0) is 23.0. The van der Waals surface area contributed by atoms with Crippen molar-refractivity contribution < 1.29 is 23.7 Å². The normalized spacial score (nSPS) is 22.2. The van der Waals surface area contributed by atoms with Gasteiger partial charge in [0.2, 0.25) is 0 Å². The maximum atomic E-state index is 12.5. The van der Waals surface area contributed by atoms with Crippen LogP contribution in [-0.2, 0) is 9.47 Å². The fraction of sp³-hybridized carbons (Fsp3) is 0.652. The van der Waals surface area contributed by atoms with E-state index in [1.807, 2.05) is 29.2 Å². The molecule has 1 amide bonds. The zero-order valence-electron chi connectivity index (χ0n) is 19.2. The maximum absolute atomic E-state index is 12.5. The second-order valence-electron chi connectivity index (χ2n) is 8.55. The molecular weight excluding hydrogens is 444 g/mol. The molecule has 1 N–H and O–H groups in total. The molecule has 10 heteroatoms. The predicted octanol–water partition coefficient (Wildman–Crippen LogP) is 1.57. The van der Waals surface area contributed by atoms with Crippen molar-refractivity contribution in [3.05, 3.63) is 24.3 Å². The minimum absolute atomic E-state index is 0.177. The molecule has 1 aromatic carbocycles. The number of piperidine rings is 1. The molecule has 3 heterocycles. The van der Waals surface area contributed by atoms with E-state index < -0.39 is 0 Å². The van der Waals surface area contributed by atoms with E-state index >= 15 is 0 Å². The second kappa shape index (κ2) is 11.7. The van der Waals surface area contributed by atoms with Crippen LogP contribution in [-0.4, -0.2) is 111 Å². The number of likely N-dealkylation sites (tertiary alicyclic amines) is 1. The number of methoxy groups -OCH3 is 1. The van der Waals surface area contributed by atoms with Gasteiger partial charge in [-0.1, -0.05) is 0 Å². The van der Waals surface area contributed by atoms with Crippen molar-refractivity contribution in [3.63, 3.8) is 0 Å². The third kappa shape index (κ3) is 6.61. The number of benzene rings is 1. The number of hydrogen-bond donors (Lipinski definition) is 1. The Balaban J connectivity index is 1.15. The van der Waals surface area contributed by atoms with E-state index in [2.05, 4.69) is 15.1 Å². The third-order valence-electron chi connectivity index (χ3n) is 6.40. The number of rotatable bonds is 8. The van der Waals surface area contributed by atoms with E-state index in [-0.39, 0.29) is 18.2 Å². The molecule has 3 aliphatic rings. The lowest BCUT2D eigenvalue weighted by molar-refractivity contribution is 0.0388. The van der Waals surface area contributed by atoms with Gasteiger partial charge in [0.25, 0.3) is 0 Å². The van der Waals surface area contributed by atoms with Crippen molar-refractivity contribution in [3.8, 4) is 11.5 Å². The Morgan fingerprint density at radius 2 is 1.82 bits per heavy atom. The Hall–Kier alpha value is -2.30. The average Bonchev–Trinajstić information content (AvgIpc) is 3.24. The molecule has 4 rings (SSSR count). The van der Waals surface area contributed by atoms with Crippen molar-refractivity contribution in [2.24, 2.45) is 0 Å². The minimum atomic E-state index is -0.263. The Labute approximate surface area is 200 Å². The van der Waals surface area contributed by atoms with Gasteiger partial charge in [0.1, 0.15) is 18.1 Å². The van der Waals surface area contributed by atoms with Gasteiger partial charge in [-0.2, -0.15) is 0 Å². The number of nitrogens with one attached hydrogen (secondary N) is 1. The SMILES string of the molecule is COc1ccc(OCC2CN(C3CCN(C(=S)NCCN4CCOCC4)CC3)C(=O)O2)cc1. The Kier molecular flexibility index (Phi) is 8.46. The fourth-order valence-electron chi connectivity index (χ4n) is 4.43. The number of carbonyl (C=O) groups excluding carboxylic acids is 1. The topological polar surface area (TPSA) is 75.7 Å². The molecule has 0 aromatic heterocycles. The summed E-state index contributed by atoms with van der Waals surface area (Å²) in [6.45, 7) is 7.97. The third-order valence-corrected chi connectivity index (χ3v) is 6.80. The summed E-state index contributed by atoms with van der Waals surface area (Å²) >= 11 is 5.59. The Morgan fingerprint density at radius 1 is 1.12 bits per heavy atom. The largest absolute Gasteiger partial charge is 0.497 e. The van der Waals surface area contributed by atoms with Crippen LogP contribution in [0.15, 0.2) is 24.3 Å². The number of cyclic esters (lactones) is 1. The van der Waals surface area contributed by atoms with Crippen LogP contribution < -0.4 is 14.8 Å². The highest BCUT2D eigenvalue weighted by Gasteiger charge is 2.38. The maximum Gasteiger partial charge on any atom is 0.410 e. The van der Waals surface area contributed by atoms with Crippen molar-refractivity contribution in [2.45, 2.75) is 25.0 Å². The number of thiocarbonyl (C=S) groups is 1. The van der Waals surface area contributed by atoms with Crippen LogP contribution in [0.4, 0.5) is 4.79 Å². The average molecular weight is 479 g/mol. The second-order valence-corrected chi connectivity index (χ2v) is 8.94. The molecule has 1 aromatic rings. The predicted molar refractivity (Wildman–Crippen MR) is 128 cm³/mol. The van der Waals surface area contributed by atoms with E-state index in [0.717, 1.165) is 81.9 Å². The number of ether oxygens (including phenoxy) is 4. The van der Waals surface area contributed by atoms with Crippen LogP contribution in [0.2, 0.25) is 0 Å². The van der Waals surface area contributed by atoms with E-state index in [1.54, 1.807) is 7.11 Å². The van der Waals surface area contributed by atoms with E-state index in [1.165, 1.54) is 0 Å². The summed E-state index contributed by atoms with van der Waals surface area (Å²) in [5.74, 6) is 1.51. The molecule has 0 saturated carbocycles. The number of hydrogen-bond acceptors (Lipinski definition) is 7. The van der Waals surface area contributed by atoms with Gasteiger partial charge >= 0.3 is 6.09 Å². The summed E-state index contributed by atoms with van der Waals surface area (Å²) in [6.07, 6.45) is 1.25. The quantitative estimate of drug-likeness (QED) is 0.560. The van der Waals surface area contributed by atoms with Crippen molar-refractivity contribution >= 4 is 23.4 Å². The zero-order valence-corrected chi connectivity index (χ0v) is 20.1. The molecular formula is C23H34N4O5S. The molecule has 182 valence electrons. The monoisotopic (exact) mass is 478 g/mol. The molecule has 0 aliphatic carbocycles. The van der Waals surface area contributed by atoms with Crippen LogP contribution in [0.25, 0.3) is 0 Å². The lowest BCUT2D eigenvalue weighted by Gasteiger charge is -2.37. The first kappa shape index (κ1) is 23.8. The fourth-order valence-corrected chi connectivity index (χ4v) is 4.71. The number of morpholine rings is 1. The van der Waals surface area contributed by atoms with E-state index in [9.17, 15) is 4.79 Å². The molecule has 0 spiro atoms. The molecule has 33 heavy (non-hydrogen) atoms. The molecule has 0 bridgehead atoms. The molecule has 1 atom stereocenters.